The van der Waals surface area contributed by atoms with Gasteiger partial charge in [-0.3, -0.25) is 19.3 Å². The standard InChI is InChI=1S/C23H20N4O4/c28-21(26-11-9-25(10-12-26)20-5-1-2-8-24-20)16-6-7-18-19(14-16)23(30)27(22(18)29)15-17-4-3-13-31-17/h1-8,13-14H,9-12,15H2. The summed E-state index contributed by atoms with van der Waals surface area (Å²) in [6, 6.07) is 13.9. The van der Waals surface area contributed by atoms with E-state index in [-0.39, 0.29) is 23.9 Å². The molecule has 1 fully saturated rings. The maximum atomic E-state index is 13.0. The third-order valence-electron chi connectivity index (χ3n) is 5.65. The smallest absolute Gasteiger partial charge is 0.261 e. The van der Waals surface area contributed by atoms with E-state index >= 15 is 0 Å². The molecule has 0 radical (unpaired) electrons. The van der Waals surface area contributed by atoms with E-state index in [1.807, 2.05) is 18.2 Å². The van der Waals surface area contributed by atoms with Crippen LogP contribution in [-0.2, 0) is 6.54 Å². The van der Waals surface area contributed by atoms with Gasteiger partial charge in [-0.15, -0.1) is 0 Å². The second-order valence-corrected chi connectivity index (χ2v) is 7.50. The fourth-order valence-corrected chi connectivity index (χ4v) is 3.99. The summed E-state index contributed by atoms with van der Waals surface area (Å²) in [5, 5.41) is 0. The number of pyridine rings is 1. The van der Waals surface area contributed by atoms with Gasteiger partial charge in [0.1, 0.15) is 11.6 Å². The Kier molecular flexibility index (Phi) is 4.74. The van der Waals surface area contributed by atoms with Crippen molar-refractivity contribution in [3.05, 3.63) is 83.4 Å². The minimum atomic E-state index is -0.411. The molecule has 0 spiro atoms. The van der Waals surface area contributed by atoms with E-state index in [1.54, 1.807) is 35.4 Å². The minimum Gasteiger partial charge on any atom is -0.467 e. The lowest BCUT2D eigenvalue weighted by Gasteiger charge is -2.35. The highest BCUT2D eigenvalue weighted by atomic mass is 16.3. The molecule has 0 saturated carbocycles. The van der Waals surface area contributed by atoms with Crippen molar-refractivity contribution < 1.29 is 18.8 Å². The van der Waals surface area contributed by atoms with E-state index in [0.717, 1.165) is 10.7 Å². The SMILES string of the molecule is O=C(c1ccc2c(c1)C(=O)N(Cc1ccco1)C2=O)N1CCN(c2ccccn2)CC1. The highest BCUT2D eigenvalue weighted by Gasteiger charge is 2.37. The summed E-state index contributed by atoms with van der Waals surface area (Å²) in [7, 11) is 0. The van der Waals surface area contributed by atoms with Crippen molar-refractivity contribution in [2.24, 2.45) is 0 Å². The quantitative estimate of drug-likeness (QED) is 0.607. The highest BCUT2D eigenvalue weighted by Crippen LogP contribution is 2.26. The molecule has 0 N–H and O–H groups in total. The molecule has 0 unspecified atom stereocenters. The van der Waals surface area contributed by atoms with Crippen molar-refractivity contribution in [2.75, 3.05) is 31.1 Å². The Hall–Kier alpha value is -3.94. The average Bonchev–Trinajstić information content (AvgIpc) is 3.42. The van der Waals surface area contributed by atoms with Crippen LogP contribution < -0.4 is 4.90 Å². The number of carbonyl (C=O) groups is 3. The summed E-state index contributed by atoms with van der Waals surface area (Å²) < 4.78 is 5.26. The monoisotopic (exact) mass is 416 g/mol. The molecule has 156 valence electrons. The van der Waals surface area contributed by atoms with Crippen molar-refractivity contribution in [2.45, 2.75) is 6.54 Å². The lowest BCUT2D eigenvalue weighted by Crippen LogP contribution is -2.49. The molecule has 0 aliphatic carbocycles. The van der Waals surface area contributed by atoms with Gasteiger partial charge in [0.25, 0.3) is 17.7 Å². The van der Waals surface area contributed by atoms with Gasteiger partial charge in [-0.2, -0.15) is 0 Å². The summed E-state index contributed by atoms with van der Waals surface area (Å²) in [5.41, 5.74) is 0.980. The normalized spacial score (nSPS) is 16.1. The largest absolute Gasteiger partial charge is 0.467 e. The second kappa shape index (κ2) is 7.71. The molecule has 31 heavy (non-hydrogen) atoms. The van der Waals surface area contributed by atoms with E-state index in [0.29, 0.717) is 43.1 Å². The number of aromatic nitrogens is 1. The Labute approximate surface area is 178 Å². The molecule has 3 amide bonds. The number of hydrogen-bond donors (Lipinski definition) is 0. The molecule has 5 rings (SSSR count). The van der Waals surface area contributed by atoms with Crippen LogP contribution in [0, 0.1) is 0 Å². The van der Waals surface area contributed by atoms with Gasteiger partial charge >= 0.3 is 0 Å². The van der Waals surface area contributed by atoms with Crippen LogP contribution in [0.2, 0.25) is 0 Å². The van der Waals surface area contributed by atoms with Gasteiger partial charge in [0.05, 0.1) is 23.9 Å². The molecule has 3 aromatic rings. The third kappa shape index (κ3) is 3.46. The number of hydrogen-bond acceptors (Lipinski definition) is 6. The van der Waals surface area contributed by atoms with Gasteiger partial charge in [-0.25, -0.2) is 4.98 Å². The topological polar surface area (TPSA) is 87.0 Å². The molecule has 1 saturated heterocycles. The Bertz CT molecular complexity index is 1140. The molecule has 2 aliphatic rings. The van der Waals surface area contributed by atoms with Crippen LogP contribution in [0.25, 0.3) is 0 Å². The zero-order chi connectivity index (χ0) is 21.4. The number of carbonyl (C=O) groups excluding carboxylic acids is 3. The first-order valence-corrected chi connectivity index (χ1v) is 10.1. The van der Waals surface area contributed by atoms with E-state index < -0.39 is 5.91 Å². The van der Waals surface area contributed by atoms with Crippen LogP contribution in [-0.4, -0.2) is 58.7 Å². The summed E-state index contributed by atoms with van der Waals surface area (Å²) in [4.78, 5) is 47.9. The third-order valence-corrected chi connectivity index (χ3v) is 5.65. The predicted octanol–water partition coefficient (Wildman–Crippen LogP) is 2.43. The molecule has 4 heterocycles. The first-order chi connectivity index (χ1) is 15.1. The summed E-state index contributed by atoms with van der Waals surface area (Å²) in [6.45, 7) is 2.55. The molecule has 2 aliphatic heterocycles. The van der Waals surface area contributed by atoms with E-state index in [9.17, 15) is 14.4 Å². The Morgan fingerprint density at radius 1 is 0.935 bits per heavy atom. The molecular formula is C23H20N4O4. The van der Waals surface area contributed by atoms with Crippen molar-refractivity contribution >= 4 is 23.5 Å². The van der Waals surface area contributed by atoms with Crippen LogP contribution in [0.5, 0.6) is 0 Å². The maximum Gasteiger partial charge on any atom is 0.261 e. The number of amides is 3. The second-order valence-electron chi connectivity index (χ2n) is 7.50. The van der Waals surface area contributed by atoms with Crippen molar-refractivity contribution in [1.29, 1.82) is 0 Å². The zero-order valence-electron chi connectivity index (χ0n) is 16.7. The van der Waals surface area contributed by atoms with Gasteiger partial charge in [-0.05, 0) is 42.5 Å². The zero-order valence-corrected chi connectivity index (χ0v) is 16.7. The number of piperazine rings is 1. The molecular weight excluding hydrogens is 396 g/mol. The van der Waals surface area contributed by atoms with Crippen LogP contribution in [0.15, 0.2) is 65.4 Å². The van der Waals surface area contributed by atoms with Crippen LogP contribution in [0.3, 0.4) is 0 Å². The molecule has 0 bridgehead atoms. The van der Waals surface area contributed by atoms with Crippen LogP contribution >= 0.6 is 0 Å². The fraction of sp³-hybridized carbons (Fsp3) is 0.217. The average molecular weight is 416 g/mol. The Balaban J connectivity index is 1.30. The number of fused-ring (bicyclic) bond motifs is 1. The van der Waals surface area contributed by atoms with Crippen LogP contribution in [0.1, 0.15) is 36.8 Å². The minimum absolute atomic E-state index is 0.0676. The fourth-order valence-electron chi connectivity index (χ4n) is 3.99. The number of furan rings is 1. The number of imide groups is 1. The summed E-state index contributed by atoms with van der Waals surface area (Å²) in [6.07, 6.45) is 3.25. The molecule has 8 heteroatoms. The number of anilines is 1. The van der Waals surface area contributed by atoms with Crippen LogP contribution in [0.4, 0.5) is 5.82 Å². The molecule has 8 nitrogen and oxygen atoms in total. The molecule has 1 aromatic carbocycles. The van der Waals surface area contributed by atoms with Gasteiger partial charge in [0, 0.05) is 37.9 Å². The molecule has 0 atom stereocenters. The lowest BCUT2D eigenvalue weighted by atomic mass is 10.0. The maximum absolute atomic E-state index is 13.0. The molecule has 2 aromatic heterocycles. The summed E-state index contributed by atoms with van der Waals surface area (Å²) in [5.74, 6) is 0.489. The van der Waals surface area contributed by atoms with E-state index in [1.165, 1.54) is 12.3 Å². The summed E-state index contributed by atoms with van der Waals surface area (Å²) >= 11 is 0. The Morgan fingerprint density at radius 2 is 1.74 bits per heavy atom. The van der Waals surface area contributed by atoms with Crippen molar-refractivity contribution in [1.82, 2.24) is 14.8 Å². The number of nitrogens with zero attached hydrogens (tertiary/aromatic N) is 4. The Morgan fingerprint density at radius 3 is 2.45 bits per heavy atom. The van der Waals surface area contributed by atoms with Crippen molar-refractivity contribution in [3.8, 4) is 0 Å². The van der Waals surface area contributed by atoms with E-state index in [4.69, 9.17) is 4.42 Å². The van der Waals surface area contributed by atoms with Gasteiger partial charge in [0.15, 0.2) is 0 Å². The number of benzene rings is 1. The van der Waals surface area contributed by atoms with Gasteiger partial charge < -0.3 is 14.2 Å². The van der Waals surface area contributed by atoms with Gasteiger partial charge in [0.2, 0.25) is 0 Å². The van der Waals surface area contributed by atoms with E-state index in [2.05, 4.69) is 9.88 Å². The van der Waals surface area contributed by atoms with Crippen molar-refractivity contribution in [3.63, 3.8) is 0 Å². The predicted molar refractivity (Wildman–Crippen MR) is 112 cm³/mol. The number of rotatable bonds is 4. The highest BCUT2D eigenvalue weighted by molar-refractivity contribution is 6.22. The first kappa shape index (κ1) is 19.0. The lowest BCUT2D eigenvalue weighted by molar-refractivity contribution is 0.0631. The first-order valence-electron chi connectivity index (χ1n) is 10.1. The van der Waals surface area contributed by atoms with Gasteiger partial charge in [-0.1, -0.05) is 6.07 Å².